The van der Waals surface area contributed by atoms with Gasteiger partial charge in [0.25, 0.3) is 0 Å². The molecule has 0 aromatic heterocycles. The van der Waals surface area contributed by atoms with Gasteiger partial charge in [0.2, 0.25) is 0 Å². The van der Waals surface area contributed by atoms with Gasteiger partial charge in [-0.3, -0.25) is 0 Å². The van der Waals surface area contributed by atoms with Crippen LogP contribution < -0.4 is 0 Å². The summed E-state index contributed by atoms with van der Waals surface area (Å²) in [6.45, 7) is 2.08. The van der Waals surface area contributed by atoms with Gasteiger partial charge in [-0.15, -0.1) is 24.0 Å². The topological polar surface area (TPSA) is 0 Å². The Hall–Kier alpha value is 0.469. The molecule has 0 unspecified atom stereocenters. The van der Waals surface area contributed by atoms with Crippen LogP contribution in [0, 0.1) is 6.92 Å². The van der Waals surface area contributed by atoms with Crippen LogP contribution in [0.4, 0.5) is 0 Å². The third-order valence-corrected chi connectivity index (χ3v) is 0.940. The fraction of sp³-hybridized carbons (Fsp3) is 0.143. The fourth-order valence-electron chi connectivity index (χ4n) is 0.534. The first-order valence-electron chi connectivity index (χ1n) is 2.41. The van der Waals surface area contributed by atoms with Crippen molar-refractivity contribution in [2.75, 3.05) is 0 Å². The molecule has 0 saturated carbocycles. The van der Waals surface area contributed by atoms with Gasteiger partial charge < -0.3 is 0 Å². The van der Waals surface area contributed by atoms with Gasteiger partial charge in [0.05, 0.1) is 0 Å². The van der Waals surface area contributed by atoms with Gasteiger partial charge in [-0.25, -0.2) is 0 Å². The summed E-state index contributed by atoms with van der Waals surface area (Å²) in [5.41, 5.74) is 1.32. The monoisotopic (exact) mass is 283 g/mol. The molecule has 1 rings (SSSR count). The van der Waals surface area contributed by atoms with Gasteiger partial charge >= 0.3 is 0 Å². The first-order chi connectivity index (χ1) is 3.39. The quantitative estimate of drug-likeness (QED) is 0.507. The van der Waals surface area contributed by atoms with Crippen LogP contribution in [0.5, 0.6) is 0 Å². The zero-order chi connectivity index (χ0) is 5.11. The normalized spacial score (nSPS) is 6.78. The third kappa shape index (κ3) is 4.94. The standard InChI is InChI=1S/C7H8.Cu.HI/c1-7-5-3-2-4-6-7;;/h2-6H,1H3;;1H. The molecule has 0 atom stereocenters. The molecule has 55 valence electrons. The van der Waals surface area contributed by atoms with Crippen molar-refractivity contribution >= 4 is 24.0 Å². The number of halogens is 1. The Morgan fingerprint density at radius 2 is 1.44 bits per heavy atom. The zero-order valence-corrected chi connectivity index (χ0v) is 8.37. The van der Waals surface area contributed by atoms with E-state index in [0.29, 0.717) is 0 Å². The summed E-state index contributed by atoms with van der Waals surface area (Å²) >= 11 is 0. The van der Waals surface area contributed by atoms with Gasteiger partial charge in [0.1, 0.15) is 0 Å². The van der Waals surface area contributed by atoms with Crippen LogP contribution in [-0.4, -0.2) is 0 Å². The van der Waals surface area contributed by atoms with Crippen molar-refractivity contribution in [1.29, 1.82) is 0 Å². The van der Waals surface area contributed by atoms with E-state index >= 15 is 0 Å². The van der Waals surface area contributed by atoms with Gasteiger partial charge in [-0.05, 0) is 6.92 Å². The van der Waals surface area contributed by atoms with Crippen LogP contribution in [-0.2, 0) is 17.1 Å². The largest absolute Gasteiger partial charge is 0.107 e. The van der Waals surface area contributed by atoms with E-state index in [1.807, 2.05) is 18.2 Å². The van der Waals surface area contributed by atoms with Crippen molar-refractivity contribution < 1.29 is 17.1 Å². The van der Waals surface area contributed by atoms with Gasteiger partial charge in [-0.2, -0.15) is 0 Å². The summed E-state index contributed by atoms with van der Waals surface area (Å²) in [4.78, 5) is 0. The molecule has 0 saturated heterocycles. The Kier molecular flexibility index (Phi) is 8.91. The zero-order valence-electron chi connectivity index (χ0n) is 5.10. The molecule has 0 N–H and O–H groups in total. The van der Waals surface area contributed by atoms with Crippen LogP contribution in [0.3, 0.4) is 0 Å². The Morgan fingerprint density at radius 3 is 1.67 bits per heavy atom. The Morgan fingerprint density at radius 1 is 1.00 bits per heavy atom. The van der Waals surface area contributed by atoms with Crippen LogP contribution >= 0.6 is 24.0 Å². The van der Waals surface area contributed by atoms with Gasteiger partial charge in [-0.1, -0.05) is 35.9 Å². The summed E-state index contributed by atoms with van der Waals surface area (Å²) in [7, 11) is 0. The summed E-state index contributed by atoms with van der Waals surface area (Å²) in [6, 6.07) is 10.3. The van der Waals surface area contributed by atoms with Crippen LogP contribution in [0.15, 0.2) is 30.3 Å². The number of hydrogen-bond donors (Lipinski definition) is 0. The van der Waals surface area contributed by atoms with E-state index in [0.717, 1.165) is 0 Å². The average molecular weight is 284 g/mol. The van der Waals surface area contributed by atoms with E-state index < -0.39 is 0 Å². The van der Waals surface area contributed by atoms with Crippen LogP contribution in [0.1, 0.15) is 5.56 Å². The summed E-state index contributed by atoms with van der Waals surface area (Å²) in [6.07, 6.45) is 0. The van der Waals surface area contributed by atoms with Gasteiger partial charge in [0, 0.05) is 17.1 Å². The molecule has 0 aliphatic carbocycles. The molecule has 9 heavy (non-hydrogen) atoms. The maximum absolute atomic E-state index is 2.08. The second kappa shape index (κ2) is 6.59. The molecule has 0 spiro atoms. The molecule has 0 fully saturated rings. The molecular weight excluding hydrogens is 275 g/mol. The minimum Gasteiger partial charge on any atom is -0.107 e. The second-order valence-corrected chi connectivity index (χ2v) is 1.65. The summed E-state index contributed by atoms with van der Waals surface area (Å²) in [5, 5.41) is 0. The Bertz CT molecular complexity index is 139. The summed E-state index contributed by atoms with van der Waals surface area (Å²) < 4.78 is 0. The third-order valence-electron chi connectivity index (χ3n) is 0.940. The van der Waals surface area contributed by atoms with Crippen molar-refractivity contribution in [3.8, 4) is 0 Å². The molecule has 2 heteroatoms. The van der Waals surface area contributed by atoms with E-state index in [4.69, 9.17) is 0 Å². The SMILES string of the molecule is Cc1ccccc1.I.[Cu]. The molecule has 0 aliphatic rings. The number of hydrogen-bond acceptors (Lipinski definition) is 0. The van der Waals surface area contributed by atoms with Crippen molar-refractivity contribution in [2.45, 2.75) is 6.92 Å². The minimum atomic E-state index is 0. The van der Waals surface area contributed by atoms with E-state index in [2.05, 4.69) is 19.1 Å². The van der Waals surface area contributed by atoms with E-state index in [9.17, 15) is 0 Å². The maximum atomic E-state index is 2.08. The molecule has 1 radical (unpaired) electrons. The Labute approximate surface area is 83.5 Å². The average Bonchev–Trinajstić information content (AvgIpc) is 1.69. The number of aryl methyl sites for hydroxylation is 1. The maximum Gasteiger partial charge on any atom is 0 e. The smallest absolute Gasteiger partial charge is 0 e. The number of benzene rings is 1. The minimum absolute atomic E-state index is 0. The first kappa shape index (κ1) is 12.2. The molecule has 0 bridgehead atoms. The molecule has 0 nitrogen and oxygen atoms in total. The second-order valence-electron chi connectivity index (χ2n) is 1.65. The van der Waals surface area contributed by atoms with E-state index in [1.54, 1.807) is 0 Å². The van der Waals surface area contributed by atoms with Crippen LogP contribution in [0.2, 0.25) is 0 Å². The number of rotatable bonds is 0. The molecule has 0 aliphatic heterocycles. The first-order valence-corrected chi connectivity index (χ1v) is 2.41. The predicted molar refractivity (Wildman–Crippen MR) is 46.6 cm³/mol. The fourth-order valence-corrected chi connectivity index (χ4v) is 0.534. The molecule has 0 heterocycles. The van der Waals surface area contributed by atoms with Crippen LogP contribution in [0.25, 0.3) is 0 Å². The Balaban J connectivity index is 0. The molecule has 1 aromatic rings. The van der Waals surface area contributed by atoms with Crippen molar-refractivity contribution in [2.24, 2.45) is 0 Å². The molecule has 0 amide bonds. The predicted octanol–water partition coefficient (Wildman–Crippen LogP) is 2.61. The molecule has 1 aromatic carbocycles. The van der Waals surface area contributed by atoms with Gasteiger partial charge in [0.15, 0.2) is 0 Å². The van der Waals surface area contributed by atoms with Crippen molar-refractivity contribution in [3.63, 3.8) is 0 Å². The summed E-state index contributed by atoms with van der Waals surface area (Å²) in [5.74, 6) is 0. The van der Waals surface area contributed by atoms with Crippen molar-refractivity contribution in [1.82, 2.24) is 0 Å². The van der Waals surface area contributed by atoms with E-state index in [1.165, 1.54) is 5.56 Å². The van der Waals surface area contributed by atoms with E-state index in [-0.39, 0.29) is 41.0 Å². The van der Waals surface area contributed by atoms with Crippen molar-refractivity contribution in [3.05, 3.63) is 35.9 Å². The molecular formula is C7H9CuI.